The molecule has 2 N–H and O–H groups in total. The first-order chi connectivity index (χ1) is 14.8. The molecule has 3 rings (SSSR count). The van der Waals surface area contributed by atoms with E-state index in [-0.39, 0.29) is 24.8 Å². The van der Waals surface area contributed by atoms with E-state index in [1.54, 1.807) is 29.2 Å². The molecule has 0 unspecified atom stereocenters. The molecule has 0 saturated carbocycles. The predicted molar refractivity (Wildman–Crippen MR) is 122 cm³/mol. The molecule has 2 aromatic carbocycles. The second-order valence-electron chi connectivity index (χ2n) is 7.39. The van der Waals surface area contributed by atoms with E-state index in [0.717, 1.165) is 5.69 Å². The molecule has 9 heteroatoms. The SMILES string of the molecule is CC(C)NC(=O)N(CCCCNC(=O)c1ccc(Cl)c(Cl)c1)c1ccc2c(c1)OCO2. The molecule has 0 fully saturated rings. The third kappa shape index (κ3) is 6.18. The molecule has 166 valence electrons. The van der Waals surface area contributed by atoms with Gasteiger partial charge in [-0.2, -0.15) is 0 Å². The van der Waals surface area contributed by atoms with Crippen LogP contribution in [0.5, 0.6) is 11.5 Å². The van der Waals surface area contributed by atoms with Crippen molar-refractivity contribution in [2.75, 3.05) is 24.8 Å². The van der Waals surface area contributed by atoms with Crippen LogP contribution in [0.3, 0.4) is 0 Å². The number of anilines is 1. The minimum Gasteiger partial charge on any atom is -0.454 e. The number of ether oxygens (including phenoxy) is 2. The first-order valence-electron chi connectivity index (χ1n) is 10.1. The largest absolute Gasteiger partial charge is 0.454 e. The second kappa shape index (κ2) is 10.6. The highest BCUT2D eigenvalue weighted by atomic mass is 35.5. The third-order valence-corrected chi connectivity index (χ3v) is 5.34. The van der Waals surface area contributed by atoms with Gasteiger partial charge in [0.2, 0.25) is 6.79 Å². The summed E-state index contributed by atoms with van der Waals surface area (Å²) < 4.78 is 10.8. The summed E-state index contributed by atoms with van der Waals surface area (Å²) in [5.41, 5.74) is 1.18. The van der Waals surface area contributed by atoms with Crippen LogP contribution in [0.15, 0.2) is 36.4 Å². The predicted octanol–water partition coefficient (Wildman–Crippen LogP) is 4.86. The highest BCUT2D eigenvalue weighted by Gasteiger charge is 2.20. The lowest BCUT2D eigenvalue weighted by Crippen LogP contribution is -2.43. The van der Waals surface area contributed by atoms with E-state index in [1.165, 1.54) is 6.07 Å². The third-order valence-electron chi connectivity index (χ3n) is 4.60. The van der Waals surface area contributed by atoms with E-state index in [2.05, 4.69) is 10.6 Å². The van der Waals surface area contributed by atoms with Crippen LogP contribution in [0.25, 0.3) is 0 Å². The van der Waals surface area contributed by atoms with Gasteiger partial charge in [-0.05, 0) is 57.0 Å². The zero-order valence-electron chi connectivity index (χ0n) is 17.4. The summed E-state index contributed by atoms with van der Waals surface area (Å²) in [6.07, 6.45) is 1.39. The fourth-order valence-electron chi connectivity index (χ4n) is 3.06. The van der Waals surface area contributed by atoms with Gasteiger partial charge in [-0.25, -0.2) is 4.79 Å². The summed E-state index contributed by atoms with van der Waals surface area (Å²) in [6, 6.07) is 10.0. The molecule has 7 nitrogen and oxygen atoms in total. The number of nitrogens with one attached hydrogen (secondary N) is 2. The Kier molecular flexibility index (Phi) is 7.87. The van der Waals surface area contributed by atoms with Crippen LogP contribution in [-0.2, 0) is 0 Å². The molecule has 0 aromatic heterocycles. The molecule has 0 saturated heterocycles. The number of benzene rings is 2. The molecule has 1 aliphatic rings. The van der Waals surface area contributed by atoms with E-state index in [1.807, 2.05) is 19.9 Å². The first kappa shape index (κ1) is 23.0. The summed E-state index contributed by atoms with van der Waals surface area (Å²) in [4.78, 5) is 26.6. The molecule has 0 spiro atoms. The average molecular weight is 466 g/mol. The van der Waals surface area contributed by atoms with Crippen molar-refractivity contribution in [3.05, 3.63) is 52.0 Å². The number of amides is 3. The summed E-state index contributed by atoms with van der Waals surface area (Å²) >= 11 is 11.8. The topological polar surface area (TPSA) is 79.9 Å². The van der Waals surface area contributed by atoms with Crippen molar-refractivity contribution in [3.8, 4) is 11.5 Å². The molecular weight excluding hydrogens is 441 g/mol. The molecule has 31 heavy (non-hydrogen) atoms. The number of unbranched alkanes of at least 4 members (excludes halogenated alkanes) is 1. The van der Waals surface area contributed by atoms with Crippen LogP contribution >= 0.6 is 23.2 Å². The molecule has 0 bridgehead atoms. The first-order valence-corrected chi connectivity index (χ1v) is 10.8. The molecule has 0 atom stereocenters. The Morgan fingerprint density at radius 2 is 1.81 bits per heavy atom. The Morgan fingerprint density at radius 3 is 2.55 bits per heavy atom. The monoisotopic (exact) mass is 465 g/mol. The Morgan fingerprint density at radius 1 is 1.03 bits per heavy atom. The van der Waals surface area contributed by atoms with Crippen molar-refractivity contribution in [1.29, 1.82) is 0 Å². The van der Waals surface area contributed by atoms with Crippen LogP contribution in [0, 0.1) is 0 Å². The van der Waals surface area contributed by atoms with Gasteiger partial charge in [0, 0.05) is 36.4 Å². The van der Waals surface area contributed by atoms with Crippen LogP contribution in [-0.4, -0.2) is 37.9 Å². The highest BCUT2D eigenvalue weighted by molar-refractivity contribution is 6.42. The van der Waals surface area contributed by atoms with Crippen molar-refractivity contribution < 1.29 is 19.1 Å². The molecular formula is C22H25Cl2N3O4. The molecule has 1 heterocycles. The van der Waals surface area contributed by atoms with Gasteiger partial charge in [0.05, 0.1) is 10.0 Å². The maximum absolute atomic E-state index is 12.7. The average Bonchev–Trinajstić information content (AvgIpc) is 3.19. The zero-order chi connectivity index (χ0) is 22.4. The highest BCUT2D eigenvalue weighted by Crippen LogP contribution is 2.35. The van der Waals surface area contributed by atoms with Crippen molar-refractivity contribution in [3.63, 3.8) is 0 Å². The maximum atomic E-state index is 12.7. The molecule has 0 radical (unpaired) electrons. The fraction of sp³-hybridized carbons (Fsp3) is 0.364. The minimum absolute atomic E-state index is 0.00880. The minimum atomic E-state index is -0.219. The van der Waals surface area contributed by atoms with Gasteiger partial charge in [0.1, 0.15) is 0 Å². The van der Waals surface area contributed by atoms with Crippen molar-refractivity contribution in [1.82, 2.24) is 10.6 Å². The van der Waals surface area contributed by atoms with Crippen molar-refractivity contribution in [2.45, 2.75) is 32.7 Å². The van der Waals surface area contributed by atoms with Crippen LogP contribution in [0.4, 0.5) is 10.5 Å². The van der Waals surface area contributed by atoms with Crippen LogP contribution < -0.4 is 25.0 Å². The second-order valence-corrected chi connectivity index (χ2v) is 8.20. The van der Waals surface area contributed by atoms with E-state index in [0.29, 0.717) is 53.0 Å². The lowest BCUT2D eigenvalue weighted by atomic mass is 10.2. The van der Waals surface area contributed by atoms with Gasteiger partial charge >= 0.3 is 6.03 Å². The Balaban J connectivity index is 1.54. The number of hydrogen-bond acceptors (Lipinski definition) is 4. The lowest BCUT2D eigenvalue weighted by molar-refractivity contribution is 0.0953. The zero-order valence-corrected chi connectivity index (χ0v) is 18.9. The quantitative estimate of drug-likeness (QED) is 0.545. The number of urea groups is 1. The van der Waals surface area contributed by atoms with Gasteiger partial charge in [-0.3, -0.25) is 9.69 Å². The summed E-state index contributed by atoms with van der Waals surface area (Å²) in [6.45, 7) is 4.96. The Bertz CT molecular complexity index is 952. The van der Waals surface area contributed by atoms with E-state index in [9.17, 15) is 9.59 Å². The number of carbonyl (C=O) groups excluding carboxylic acids is 2. The number of fused-ring (bicyclic) bond motifs is 1. The van der Waals surface area contributed by atoms with Crippen LogP contribution in [0.2, 0.25) is 10.0 Å². The van der Waals surface area contributed by atoms with Gasteiger partial charge in [0.15, 0.2) is 11.5 Å². The van der Waals surface area contributed by atoms with E-state index in [4.69, 9.17) is 32.7 Å². The van der Waals surface area contributed by atoms with E-state index < -0.39 is 0 Å². The van der Waals surface area contributed by atoms with Crippen LogP contribution in [0.1, 0.15) is 37.0 Å². The van der Waals surface area contributed by atoms with Gasteiger partial charge < -0.3 is 20.1 Å². The summed E-state index contributed by atoms with van der Waals surface area (Å²) in [7, 11) is 0. The van der Waals surface area contributed by atoms with Crippen molar-refractivity contribution >= 4 is 40.8 Å². The Hall–Kier alpha value is -2.64. The number of rotatable bonds is 8. The Labute approximate surface area is 191 Å². The summed E-state index contributed by atoms with van der Waals surface area (Å²) in [5.74, 6) is 1.07. The number of nitrogens with zero attached hydrogens (tertiary/aromatic N) is 1. The fourth-order valence-corrected chi connectivity index (χ4v) is 3.36. The normalized spacial score (nSPS) is 12.0. The molecule has 1 aliphatic heterocycles. The van der Waals surface area contributed by atoms with Crippen molar-refractivity contribution in [2.24, 2.45) is 0 Å². The number of carbonyl (C=O) groups is 2. The molecule has 2 aromatic rings. The van der Waals surface area contributed by atoms with E-state index >= 15 is 0 Å². The number of halogens is 2. The van der Waals surface area contributed by atoms with Gasteiger partial charge in [-0.15, -0.1) is 0 Å². The standard InChI is InChI=1S/C22H25Cl2N3O4/c1-14(2)26-22(29)27(16-6-8-19-20(12-16)31-13-30-19)10-4-3-9-25-21(28)15-5-7-17(23)18(24)11-15/h5-8,11-12,14H,3-4,9-10,13H2,1-2H3,(H,25,28)(H,26,29). The number of hydrogen-bond donors (Lipinski definition) is 2. The van der Waals surface area contributed by atoms with Gasteiger partial charge in [0.25, 0.3) is 5.91 Å². The maximum Gasteiger partial charge on any atom is 0.322 e. The summed E-state index contributed by atoms with van der Waals surface area (Å²) in [5, 5.41) is 6.52. The molecule has 3 amide bonds. The lowest BCUT2D eigenvalue weighted by Gasteiger charge is -2.24. The van der Waals surface area contributed by atoms with Gasteiger partial charge in [-0.1, -0.05) is 23.2 Å². The molecule has 0 aliphatic carbocycles. The smallest absolute Gasteiger partial charge is 0.322 e.